The minimum absolute atomic E-state index is 0.0173. The summed E-state index contributed by atoms with van der Waals surface area (Å²) < 4.78 is 0. The lowest BCUT2D eigenvalue weighted by atomic mass is 9.88. The van der Waals surface area contributed by atoms with E-state index in [0.29, 0.717) is 5.56 Å². The van der Waals surface area contributed by atoms with Crippen LogP contribution in [-0.4, -0.2) is 28.4 Å². The van der Waals surface area contributed by atoms with Crippen LogP contribution in [0.3, 0.4) is 0 Å². The van der Waals surface area contributed by atoms with Gasteiger partial charge in [-0.25, -0.2) is 4.79 Å². The number of carbonyl (C=O) groups excluding carboxylic acids is 1. The third-order valence-electron chi connectivity index (χ3n) is 3.67. The molecular weight excluding hydrogens is 280 g/mol. The fourth-order valence-corrected chi connectivity index (χ4v) is 2.26. The molecule has 1 heterocycles. The van der Waals surface area contributed by atoms with E-state index in [4.69, 9.17) is 11.6 Å². The van der Waals surface area contributed by atoms with Crippen LogP contribution in [0.4, 0.5) is 0 Å². The van der Waals surface area contributed by atoms with E-state index in [0.717, 1.165) is 0 Å². The van der Waals surface area contributed by atoms with Gasteiger partial charge in [0.2, 0.25) is 0 Å². The fourth-order valence-electron chi connectivity index (χ4n) is 2.00. The highest BCUT2D eigenvalue weighted by atomic mass is 35.5. The van der Waals surface area contributed by atoms with Gasteiger partial charge in [0.15, 0.2) is 0 Å². The lowest BCUT2D eigenvalue weighted by Gasteiger charge is -2.27. The molecule has 6 heteroatoms. The summed E-state index contributed by atoms with van der Waals surface area (Å²) in [5, 5.41) is 12.4. The van der Waals surface area contributed by atoms with E-state index in [1.54, 1.807) is 19.1 Å². The molecule has 2 rings (SSSR count). The summed E-state index contributed by atoms with van der Waals surface area (Å²) >= 11 is 5.92. The van der Waals surface area contributed by atoms with Crippen LogP contribution < -0.4 is 5.32 Å². The molecule has 20 heavy (non-hydrogen) atoms. The van der Waals surface area contributed by atoms with Crippen LogP contribution in [0.25, 0.3) is 0 Å². The van der Waals surface area contributed by atoms with Gasteiger partial charge in [-0.3, -0.25) is 4.79 Å². The first-order valence-corrected chi connectivity index (χ1v) is 6.58. The zero-order chi connectivity index (χ0) is 15.1. The maximum Gasteiger partial charge on any atom is 0.337 e. The molecule has 5 nitrogen and oxygen atoms in total. The number of carboxylic acids is 1. The van der Waals surface area contributed by atoms with E-state index >= 15 is 0 Å². The van der Waals surface area contributed by atoms with Crippen LogP contribution in [0.1, 0.15) is 36.7 Å². The van der Waals surface area contributed by atoms with E-state index < -0.39 is 11.5 Å². The van der Waals surface area contributed by atoms with Crippen LogP contribution >= 0.6 is 11.6 Å². The smallest absolute Gasteiger partial charge is 0.337 e. The standard InChI is InChI=1S/C14H15ClN2O3/c1-7(2)14(3)13(20)16-11(17-14)8-5-4-6-9(15)10(8)12(18)19/h4-7H,1-3H3,(H,18,19)(H,16,17,20). The maximum atomic E-state index is 12.1. The number of rotatable bonds is 3. The second-order valence-electron chi connectivity index (χ2n) is 5.22. The van der Waals surface area contributed by atoms with Crippen molar-refractivity contribution in [3.05, 3.63) is 34.3 Å². The molecule has 1 aromatic rings. The van der Waals surface area contributed by atoms with Crippen LogP contribution in [0.2, 0.25) is 5.02 Å². The Morgan fingerprint density at radius 2 is 2.10 bits per heavy atom. The molecule has 0 fully saturated rings. The Bertz CT molecular complexity index is 625. The summed E-state index contributed by atoms with van der Waals surface area (Å²) in [6.07, 6.45) is 0. The second kappa shape index (κ2) is 4.90. The number of hydrogen-bond acceptors (Lipinski definition) is 3. The number of aliphatic imine (C=N–C) groups is 1. The zero-order valence-corrected chi connectivity index (χ0v) is 12.2. The number of halogens is 1. The molecule has 1 unspecified atom stereocenters. The highest BCUT2D eigenvalue weighted by Crippen LogP contribution is 2.27. The van der Waals surface area contributed by atoms with Crippen molar-refractivity contribution in [1.29, 1.82) is 0 Å². The number of nitrogens with one attached hydrogen (secondary N) is 1. The van der Waals surface area contributed by atoms with Crippen molar-refractivity contribution in [2.75, 3.05) is 0 Å². The van der Waals surface area contributed by atoms with Crippen LogP contribution in [-0.2, 0) is 4.79 Å². The summed E-state index contributed by atoms with van der Waals surface area (Å²) in [5.41, 5.74) is -0.558. The van der Waals surface area contributed by atoms with Crippen molar-refractivity contribution in [2.24, 2.45) is 10.9 Å². The van der Waals surface area contributed by atoms with Gasteiger partial charge in [0.1, 0.15) is 11.4 Å². The molecule has 1 amide bonds. The van der Waals surface area contributed by atoms with E-state index in [1.165, 1.54) is 6.07 Å². The highest BCUT2D eigenvalue weighted by Gasteiger charge is 2.43. The molecular formula is C14H15ClN2O3. The number of hydrogen-bond donors (Lipinski definition) is 2. The molecule has 1 aromatic carbocycles. The van der Waals surface area contributed by atoms with Crippen molar-refractivity contribution in [2.45, 2.75) is 26.3 Å². The normalized spacial score (nSPS) is 21.9. The van der Waals surface area contributed by atoms with Gasteiger partial charge in [0.25, 0.3) is 5.91 Å². The molecule has 0 aliphatic carbocycles. The van der Waals surface area contributed by atoms with E-state index in [9.17, 15) is 14.7 Å². The number of nitrogens with zero attached hydrogens (tertiary/aromatic N) is 1. The van der Waals surface area contributed by atoms with Crippen molar-refractivity contribution >= 4 is 29.3 Å². The topological polar surface area (TPSA) is 78.8 Å². The largest absolute Gasteiger partial charge is 0.478 e. The van der Waals surface area contributed by atoms with Crippen LogP contribution in [0.15, 0.2) is 23.2 Å². The fraction of sp³-hybridized carbons (Fsp3) is 0.357. The average Bonchev–Trinajstić information content (AvgIpc) is 2.66. The highest BCUT2D eigenvalue weighted by molar-refractivity contribution is 6.34. The first kappa shape index (κ1) is 14.5. The Morgan fingerprint density at radius 1 is 1.45 bits per heavy atom. The minimum Gasteiger partial charge on any atom is -0.478 e. The Balaban J connectivity index is 2.51. The Hall–Kier alpha value is -1.88. The van der Waals surface area contributed by atoms with Crippen molar-refractivity contribution in [1.82, 2.24) is 5.32 Å². The summed E-state index contributed by atoms with van der Waals surface area (Å²) in [7, 11) is 0. The van der Waals surface area contributed by atoms with E-state index in [2.05, 4.69) is 10.3 Å². The summed E-state index contributed by atoms with van der Waals surface area (Å²) in [6, 6.07) is 4.71. The number of amides is 1. The molecule has 0 spiro atoms. The quantitative estimate of drug-likeness (QED) is 0.897. The van der Waals surface area contributed by atoms with Gasteiger partial charge in [-0.15, -0.1) is 0 Å². The van der Waals surface area contributed by atoms with Crippen molar-refractivity contribution < 1.29 is 14.7 Å². The first-order valence-electron chi connectivity index (χ1n) is 6.21. The van der Waals surface area contributed by atoms with Gasteiger partial charge >= 0.3 is 5.97 Å². The molecule has 0 saturated carbocycles. The molecule has 0 radical (unpaired) electrons. The molecule has 1 aliphatic heterocycles. The Labute approximate surface area is 121 Å². The van der Waals surface area contributed by atoms with Gasteiger partial charge in [0.05, 0.1) is 10.6 Å². The van der Waals surface area contributed by atoms with Crippen LogP contribution in [0, 0.1) is 5.92 Å². The molecule has 0 saturated heterocycles. The number of aromatic carboxylic acids is 1. The predicted molar refractivity (Wildman–Crippen MR) is 76.3 cm³/mol. The predicted octanol–water partition coefficient (Wildman–Crippen LogP) is 2.33. The molecule has 106 valence electrons. The monoisotopic (exact) mass is 294 g/mol. The van der Waals surface area contributed by atoms with E-state index in [-0.39, 0.29) is 28.2 Å². The molecule has 0 aromatic heterocycles. The first-order chi connectivity index (χ1) is 9.27. The second-order valence-corrected chi connectivity index (χ2v) is 5.62. The van der Waals surface area contributed by atoms with Crippen LogP contribution in [0.5, 0.6) is 0 Å². The summed E-state index contributed by atoms with van der Waals surface area (Å²) in [5.74, 6) is -1.19. The number of benzene rings is 1. The lowest BCUT2D eigenvalue weighted by molar-refractivity contribution is -0.123. The molecule has 1 aliphatic rings. The Kier molecular flexibility index (Phi) is 3.56. The van der Waals surface area contributed by atoms with Gasteiger partial charge in [0, 0.05) is 5.56 Å². The minimum atomic E-state index is -1.15. The lowest BCUT2D eigenvalue weighted by Crippen LogP contribution is -2.50. The number of carbonyl (C=O) groups is 2. The zero-order valence-electron chi connectivity index (χ0n) is 11.4. The van der Waals surface area contributed by atoms with Gasteiger partial charge in [-0.05, 0) is 18.9 Å². The molecule has 1 atom stereocenters. The Morgan fingerprint density at radius 3 is 2.60 bits per heavy atom. The maximum absolute atomic E-state index is 12.1. The third-order valence-corrected chi connectivity index (χ3v) is 3.99. The SMILES string of the molecule is CC(C)C1(C)NC(c2cccc(Cl)c2C(=O)O)=NC1=O. The van der Waals surface area contributed by atoms with Crippen molar-refractivity contribution in [3.63, 3.8) is 0 Å². The van der Waals surface area contributed by atoms with Gasteiger partial charge < -0.3 is 10.4 Å². The van der Waals surface area contributed by atoms with Gasteiger partial charge in [-0.2, -0.15) is 4.99 Å². The van der Waals surface area contributed by atoms with E-state index in [1.807, 2.05) is 13.8 Å². The average molecular weight is 295 g/mol. The summed E-state index contributed by atoms with van der Waals surface area (Å²) in [6.45, 7) is 5.56. The number of amidine groups is 1. The van der Waals surface area contributed by atoms with Crippen molar-refractivity contribution in [3.8, 4) is 0 Å². The molecule has 2 N–H and O–H groups in total. The summed E-state index contributed by atoms with van der Waals surface area (Å²) in [4.78, 5) is 27.3. The van der Waals surface area contributed by atoms with Gasteiger partial charge in [-0.1, -0.05) is 37.6 Å². The molecule has 0 bridgehead atoms. The third kappa shape index (κ3) is 2.18. The number of carboxylic acid groups (broad SMARTS) is 1.